The molecule has 1 N–H and O–H groups in total. The third-order valence-corrected chi connectivity index (χ3v) is 3.52. The van der Waals surface area contributed by atoms with Crippen LogP contribution in [0, 0.1) is 5.92 Å². The number of nitrogens with zero attached hydrogens (tertiary/aromatic N) is 2. The minimum Gasteiger partial charge on any atom is -0.489 e. The van der Waals surface area contributed by atoms with Gasteiger partial charge in [0.15, 0.2) is 11.5 Å². The van der Waals surface area contributed by atoms with Gasteiger partial charge in [0, 0.05) is 12.6 Å². The van der Waals surface area contributed by atoms with Gasteiger partial charge in [0.1, 0.15) is 5.82 Å². The first-order valence-corrected chi connectivity index (χ1v) is 7.37. The van der Waals surface area contributed by atoms with Gasteiger partial charge in [-0.2, -0.15) is 8.78 Å². The number of ether oxygens (including phenoxy) is 2. The van der Waals surface area contributed by atoms with E-state index in [4.69, 9.17) is 4.74 Å². The molecule has 0 radical (unpaired) electrons. The Morgan fingerprint density at radius 3 is 2.78 bits per heavy atom. The molecule has 1 heterocycles. The second kappa shape index (κ2) is 6.76. The van der Waals surface area contributed by atoms with Gasteiger partial charge >= 0.3 is 6.61 Å². The highest BCUT2D eigenvalue weighted by atomic mass is 19.3. The van der Waals surface area contributed by atoms with Crippen LogP contribution in [0.1, 0.15) is 12.8 Å². The highest BCUT2D eigenvalue weighted by Crippen LogP contribution is 2.36. The van der Waals surface area contributed by atoms with Crippen molar-refractivity contribution in [2.24, 2.45) is 5.92 Å². The van der Waals surface area contributed by atoms with E-state index in [2.05, 4.69) is 20.0 Å². The molecule has 0 spiro atoms. The lowest BCUT2D eigenvalue weighted by atomic mass is 10.1. The fourth-order valence-electron chi connectivity index (χ4n) is 2.09. The predicted octanol–water partition coefficient (Wildman–Crippen LogP) is 3.58. The SMILES string of the molecule is CNc1cncc(-c2ccc(OC(F)F)c(OCC3CC3)c2)n1. The highest BCUT2D eigenvalue weighted by Gasteiger charge is 2.23. The van der Waals surface area contributed by atoms with Crippen LogP contribution < -0.4 is 14.8 Å². The molecule has 7 heteroatoms. The van der Waals surface area contributed by atoms with Crippen molar-refractivity contribution in [3.8, 4) is 22.8 Å². The van der Waals surface area contributed by atoms with Gasteiger partial charge in [-0.1, -0.05) is 0 Å². The summed E-state index contributed by atoms with van der Waals surface area (Å²) >= 11 is 0. The molecule has 0 unspecified atom stereocenters. The molecule has 0 aliphatic heterocycles. The molecule has 0 bridgehead atoms. The number of halogens is 2. The number of aromatic nitrogens is 2. The maximum absolute atomic E-state index is 12.5. The second-order valence-electron chi connectivity index (χ2n) is 5.33. The Morgan fingerprint density at radius 2 is 2.09 bits per heavy atom. The molecule has 5 nitrogen and oxygen atoms in total. The molecule has 1 fully saturated rings. The van der Waals surface area contributed by atoms with E-state index in [-0.39, 0.29) is 5.75 Å². The van der Waals surface area contributed by atoms with Crippen LogP contribution in [0.25, 0.3) is 11.3 Å². The first-order valence-electron chi connectivity index (χ1n) is 7.37. The summed E-state index contributed by atoms with van der Waals surface area (Å²) < 4.78 is 35.2. The number of benzene rings is 1. The molecule has 1 aromatic heterocycles. The average Bonchev–Trinajstić information content (AvgIpc) is 3.38. The number of alkyl halides is 2. The molecule has 0 atom stereocenters. The topological polar surface area (TPSA) is 56.3 Å². The van der Waals surface area contributed by atoms with E-state index in [0.29, 0.717) is 29.8 Å². The Hall–Kier alpha value is -2.44. The van der Waals surface area contributed by atoms with E-state index in [1.54, 1.807) is 31.6 Å². The number of hydrogen-bond acceptors (Lipinski definition) is 5. The van der Waals surface area contributed by atoms with Crippen molar-refractivity contribution < 1.29 is 18.3 Å². The Balaban J connectivity index is 1.88. The summed E-state index contributed by atoms with van der Waals surface area (Å²) in [7, 11) is 1.75. The normalized spacial score (nSPS) is 13.9. The molecule has 3 rings (SSSR count). The number of nitrogens with one attached hydrogen (secondary N) is 1. The molecular formula is C16H17F2N3O2. The van der Waals surface area contributed by atoms with Gasteiger partial charge in [-0.3, -0.25) is 4.98 Å². The minimum absolute atomic E-state index is 0.0298. The van der Waals surface area contributed by atoms with Gasteiger partial charge in [-0.15, -0.1) is 0 Å². The van der Waals surface area contributed by atoms with Crippen LogP contribution >= 0.6 is 0 Å². The first kappa shape index (κ1) is 15.5. The van der Waals surface area contributed by atoms with Gasteiger partial charge in [-0.25, -0.2) is 4.98 Å². The van der Waals surface area contributed by atoms with Crippen molar-refractivity contribution in [1.82, 2.24) is 9.97 Å². The van der Waals surface area contributed by atoms with E-state index in [0.717, 1.165) is 18.4 Å². The predicted molar refractivity (Wildman–Crippen MR) is 81.9 cm³/mol. The summed E-state index contributed by atoms with van der Waals surface area (Å²) in [4.78, 5) is 8.48. The fourth-order valence-corrected chi connectivity index (χ4v) is 2.09. The third kappa shape index (κ3) is 4.06. The van der Waals surface area contributed by atoms with Crippen molar-refractivity contribution in [2.45, 2.75) is 19.5 Å². The number of rotatable bonds is 7. The number of anilines is 1. The van der Waals surface area contributed by atoms with Crippen molar-refractivity contribution in [3.05, 3.63) is 30.6 Å². The van der Waals surface area contributed by atoms with Crippen LogP contribution in [0.15, 0.2) is 30.6 Å². The summed E-state index contributed by atoms with van der Waals surface area (Å²) in [6.07, 6.45) is 5.43. The lowest BCUT2D eigenvalue weighted by Gasteiger charge is -2.13. The van der Waals surface area contributed by atoms with E-state index < -0.39 is 6.61 Å². The van der Waals surface area contributed by atoms with Crippen molar-refractivity contribution in [2.75, 3.05) is 19.0 Å². The summed E-state index contributed by atoms with van der Waals surface area (Å²) in [5.74, 6) is 1.45. The lowest BCUT2D eigenvalue weighted by molar-refractivity contribution is -0.0515. The first-order chi connectivity index (χ1) is 11.2. The molecule has 122 valence electrons. The zero-order chi connectivity index (χ0) is 16.2. The van der Waals surface area contributed by atoms with Crippen LogP contribution in [0.5, 0.6) is 11.5 Å². The van der Waals surface area contributed by atoms with Gasteiger partial charge in [0.2, 0.25) is 0 Å². The maximum Gasteiger partial charge on any atom is 0.387 e. The van der Waals surface area contributed by atoms with E-state index in [1.165, 1.54) is 6.07 Å². The minimum atomic E-state index is -2.89. The lowest BCUT2D eigenvalue weighted by Crippen LogP contribution is -2.06. The third-order valence-electron chi connectivity index (χ3n) is 3.52. The zero-order valence-corrected chi connectivity index (χ0v) is 12.6. The van der Waals surface area contributed by atoms with E-state index in [9.17, 15) is 8.78 Å². The fraction of sp³-hybridized carbons (Fsp3) is 0.375. The Labute approximate surface area is 132 Å². The van der Waals surface area contributed by atoms with E-state index in [1.807, 2.05) is 0 Å². The van der Waals surface area contributed by atoms with Crippen molar-refractivity contribution in [3.63, 3.8) is 0 Å². The zero-order valence-electron chi connectivity index (χ0n) is 12.6. The van der Waals surface area contributed by atoms with Crippen LogP contribution in [0.3, 0.4) is 0 Å². The molecular weight excluding hydrogens is 304 g/mol. The summed E-state index contributed by atoms with van der Waals surface area (Å²) in [6, 6.07) is 4.78. The van der Waals surface area contributed by atoms with Crippen molar-refractivity contribution in [1.29, 1.82) is 0 Å². The largest absolute Gasteiger partial charge is 0.489 e. The van der Waals surface area contributed by atoms with Gasteiger partial charge < -0.3 is 14.8 Å². The quantitative estimate of drug-likeness (QED) is 0.845. The molecule has 1 aliphatic carbocycles. The molecule has 0 saturated heterocycles. The molecule has 23 heavy (non-hydrogen) atoms. The summed E-state index contributed by atoms with van der Waals surface area (Å²) in [6.45, 7) is -2.39. The van der Waals surface area contributed by atoms with Gasteiger partial charge in [0.25, 0.3) is 0 Å². The monoisotopic (exact) mass is 321 g/mol. The Morgan fingerprint density at radius 1 is 1.26 bits per heavy atom. The van der Waals surface area contributed by atoms with Crippen molar-refractivity contribution >= 4 is 5.82 Å². The highest BCUT2D eigenvalue weighted by molar-refractivity contribution is 5.64. The van der Waals surface area contributed by atoms with Gasteiger partial charge in [-0.05, 0) is 37.0 Å². The van der Waals surface area contributed by atoms with Crippen LogP contribution in [-0.2, 0) is 0 Å². The van der Waals surface area contributed by atoms with Crippen LogP contribution in [0.4, 0.5) is 14.6 Å². The summed E-state index contributed by atoms with van der Waals surface area (Å²) in [5.41, 5.74) is 1.35. The Kier molecular flexibility index (Phi) is 4.55. The molecule has 1 aliphatic rings. The Bertz CT molecular complexity index is 678. The molecule has 0 amide bonds. The second-order valence-corrected chi connectivity index (χ2v) is 5.33. The number of hydrogen-bond donors (Lipinski definition) is 1. The van der Waals surface area contributed by atoms with E-state index >= 15 is 0 Å². The maximum atomic E-state index is 12.5. The molecule has 1 saturated carbocycles. The molecule has 1 aromatic carbocycles. The standard InChI is InChI=1S/C16H17F2N3O2/c1-19-15-8-20-7-12(21-15)11-4-5-13(23-16(17)18)14(6-11)22-9-10-2-3-10/h4-8,10,16H,2-3,9H2,1H3,(H,19,21). The van der Waals surface area contributed by atoms with Gasteiger partial charge in [0.05, 0.1) is 24.7 Å². The van der Waals surface area contributed by atoms with Crippen LogP contribution in [0.2, 0.25) is 0 Å². The smallest absolute Gasteiger partial charge is 0.387 e. The van der Waals surface area contributed by atoms with Crippen LogP contribution in [-0.4, -0.2) is 30.2 Å². The average molecular weight is 321 g/mol. The molecule has 2 aromatic rings. The summed E-state index contributed by atoms with van der Waals surface area (Å²) in [5, 5.41) is 2.91.